The highest BCUT2D eigenvalue weighted by molar-refractivity contribution is 6.05. The van der Waals surface area contributed by atoms with E-state index in [4.69, 9.17) is 5.84 Å². The van der Waals surface area contributed by atoms with Crippen molar-refractivity contribution >= 4 is 17.3 Å². The lowest BCUT2D eigenvalue weighted by Gasteiger charge is -2.18. The van der Waals surface area contributed by atoms with Gasteiger partial charge in [0.1, 0.15) is 0 Å². The lowest BCUT2D eigenvalue weighted by molar-refractivity contribution is 0.0987. The van der Waals surface area contributed by atoms with Gasteiger partial charge in [0.2, 0.25) is 0 Å². The molecule has 2 N–H and O–H groups in total. The van der Waals surface area contributed by atoms with Gasteiger partial charge in [-0.1, -0.05) is 18.2 Å². The maximum Gasteiger partial charge on any atom is 0.272 e. The van der Waals surface area contributed by atoms with E-state index in [-0.39, 0.29) is 5.91 Å². The van der Waals surface area contributed by atoms with Crippen LogP contribution in [0.1, 0.15) is 10.4 Å². The normalized spacial score (nSPS) is 10.1. The Morgan fingerprint density at radius 3 is 1.95 bits per heavy atom. The number of amides is 1. The predicted molar refractivity (Wildman–Crippen MR) is 78.2 cm³/mol. The second-order valence-electron chi connectivity index (χ2n) is 4.45. The Labute approximate surface area is 113 Å². The zero-order valence-electron chi connectivity index (χ0n) is 11.1. The lowest BCUT2D eigenvalue weighted by Crippen LogP contribution is -2.37. The highest BCUT2D eigenvalue weighted by Crippen LogP contribution is 2.19. The van der Waals surface area contributed by atoms with Crippen LogP contribution in [0.25, 0.3) is 0 Å². The minimum absolute atomic E-state index is 0.224. The summed E-state index contributed by atoms with van der Waals surface area (Å²) in [6.45, 7) is 0. The van der Waals surface area contributed by atoms with Gasteiger partial charge in [-0.2, -0.15) is 0 Å². The first-order valence-corrected chi connectivity index (χ1v) is 6.01. The van der Waals surface area contributed by atoms with Crippen LogP contribution in [0.2, 0.25) is 0 Å². The number of carbonyl (C=O) groups excluding carboxylic acids is 1. The van der Waals surface area contributed by atoms with Gasteiger partial charge in [-0.15, -0.1) is 0 Å². The molecule has 0 heterocycles. The zero-order valence-corrected chi connectivity index (χ0v) is 11.1. The van der Waals surface area contributed by atoms with Crippen LogP contribution in [0, 0.1) is 0 Å². The standard InChI is InChI=1S/C15H17N3O/c1-17(2)13-8-10-14(11-9-13)18(16)15(19)12-6-4-3-5-7-12/h3-11H,16H2,1-2H3. The van der Waals surface area contributed by atoms with Crippen molar-refractivity contribution in [1.29, 1.82) is 0 Å². The highest BCUT2D eigenvalue weighted by Gasteiger charge is 2.13. The van der Waals surface area contributed by atoms with Crippen molar-refractivity contribution < 1.29 is 4.79 Å². The number of rotatable bonds is 3. The third kappa shape index (κ3) is 2.92. The molecule has 2 aromatic carbocycles. The van der Waals surface area contributed by atoms with Crippen molar-refractivity contribution in [3.05, 3.63) is 60.2 Å². The van der Waals surface area contributed by atoms with E-state index in [1.165, 1.54) is 0 Å². The Hall–Kier alpha value is -2.33. The molecule has 4 nitrogen and oxygen atoms in total. The Kier molecular flexibility index (Phi) is 3.82. The van der Waals surface area contributed by atoms with Crippen molar-refractivity contribution in [2.24, 2.45) is 5.84 Å². The number of hydrazine groups is 1. The van der Waals surface area contributed by atoms with Crippen molar-refractivity contribution in [3.63, 3.8) is 0 Å². The molecule has 0 radical (unpaired) electrons. The maximum absolute atomic E-state index is 12.2. The predicted octanol–water partition coefficient (Wildman–Crippen LogP) is 2.27. The van der Waals surface area contributed by atoms with Gasteiger partial charge in [0.25, 0.3) is 5.91 Å². The number of nitrogens with zero attached hydrogens (tertiary/aromatic N) is 2. The molecule has 4 heteroatoms. The molecular formula is C15H17N3O. The van der Waals surface area contributed by atoms with E-state index >= 15 is 0 Å². The van der Waals surface area contributed by atoms with Crippen molar-refractivity contribution in [3.8, 4) is 0 Å². The van der Waals surface area contributed by atoms with Crippen molar-refractivity contribution in [2.45, 2.75) is 0 Å². The summed E-state index contributed by atoms with van der Waals surface area (Å²) in [6, 6.07) is 16.5. The smallest absolute Gasteiger partial charge is 0.272 e. The molecule has 2 rings (SSSR count). The van der Waals surface area contributed by atoms with Gasteiger partial charge < -0.3 is 4.90 Å². The van der Waals surface area contributed by atoms with E-state index in [0.717, 1.165) is 10.7 Å². The lowest BCUT2D eigenvalue weighted by atomic mass is 10.2. The number of carbonyl (C=O) groups is 1. The summed E-state index contributed by atoms with van der Waals surface area (Å²) < 4.78 is 0. The van der Waals surface area contributed by atoms with Gasteiger partial charge in [-0.3, -0.25) is 4.79 Å². The summed E-state index contributed by atoms with van der Waals surface area (Å²) in [4.78, 5) is 14.1. The summed E-state index contributed by atoms with van der Waals surface area (Å²) in [7, 11) is 3.93. The minimum atomic E-state index is -0.224. The second kappa shape index (κ2) is 5.54. The van der Waals surface area contributed by atoms with E-state index in [0.29, 0.717) is 11.3 Å². The quantitative estimate of drug-likeness (QED) is 0.520. The number of hydrogen-bond acceptors (Lipinski definition) is 3. The van der Waals surface area contributed by atoms with Gasteiger partial charge in [0.15, 0.2) is 0 Å². The van der Waals surface area contributed by atoms with E-state index in [2.05, 4.69) is 0 Å². The molecule has 0 aliphatic heterocycles. The van der Waals surface area contributed by atoms with E-state index in [1.54, 1.807) is 12.1 Å². The van der Waals surface area contributed by atoms with Crippen molar-refractivity contribution in [1.82, 2.24) is 0 Å². The van der Waals surface area contributed by atoms with E-state index in [1.807, 2.05) is 61.5 Å². The van der Waals surface area contributed by atoms with Crippen LogP contribution in [0.15, 0.2) is 54.6 Å². The van der Waals surface area contributed by atoms with Gasteiger partial charge in [0, 0.05) is 25.3 Å². The molecular weight excluding hydrogens is 238 g/mol. The van der Waals surface area contributed by atoms with Gasteiger partial charge >= 0.3 is 0 Å². The molecule has 19 heavy (non-hydrogen) atoms. The largest absolute Gasteiger partial charge is 0.378 e. The topological polar surface area (TPSA) is 49.6 Å². The average Bonchev–Trinajstić information content (AvgIpc) is 2.46. The molecule has 0 saturated carbocycles. The van der Waals surface area contributed by atoms with Crippen LogP contribution in [0.5, 0.6) is 0 Å². The summed E-state index contributed by atoms with van der Waals surface area (Å²) in [5.41, 5.74) is 2.30. The Bertz CT molecular complexity index is 549. The molecule has 0 bridgehead atoms. The summed E-state index contributed by atoms with van der Waals surface area (Å²) in [5.74, 6) is 5.64. The summed E-state index contributed by atoms with van der Waals surface area (Å²) in [6.07, 6.45) is 0. The van der Waals surface area contributed by atoms with Crippen molar-refractivity contribution in [2.75, 3.05) is 24.0 Å². The van der Waals surface area contributed by atoms with Crippen LogP contribution in [0.3, 0.4) is 0 Å². The molecule has 0 aromatic heterocycles. The third-order valence-electron chi connectivity index (χ3n) is 2.88. The highest BCUT2D eigenvalue weighted by atomic mass is 16.2. The average molecular weight is 255 g/mol. The van der Waals surface area contributed by atoms with E-state index in [9.17, 15) is 4.79 Å². The monoisotopic (exact) mass is 255 g/mol. The first kappa shape index (κ1) is 13.1. The zero-order chi connectivity index (χ0) is 13.8. The molecule has 0 aliphatic rings. The first-order chi connectivity index (χ1) is 9.09. The Balaban J connectivity index is 2.20. The number of anilines is 2. The fraction of sp³-hybridized carbons (Fsp3) is 0.133. The number of hydrogen-bond donors (Lipinski definition) is 1. The van der Waals surface area contributed by atoms with E-state index < -0.39 is 0 Å². The number of benzene rings is 2. The number of nitrogens with two attached hydrogens (primary N) is 1. The first-order valence-electron chi connectivity index (χ1n) is 6.01. The molecule has 0 aliphatic carbocycles. The molecule has 0 saturated heterocycles. The maximum atomic E-state index is 12.2. The minimum Gasteiger partial charge on any atom is -0.378 e. The Morgan fingerprint density at radius 1 is 0.895 bits per heavy atom. The Morgan fingerprint density at radius 2 is 1.42 bits per heavy atom. The van der Waals surface area contributed by atoms with Crippen LogP contribution in [0.4, 0.5) is 11.4 Å². The van der Waals surface area contributed by atoms with Gasteiger partial charge in [0.05, 0.1) is 5.69 Å². The van der Waals surface area contributed by atoms with Gasteiger partial charge in [-0.25, -0.2) is 10.9 Å². The fourth-order valence-electron chi connectivity index (χ4n) is 1.75. The molecule has 0 atom stereocenters. The molecule has 0 fully saturated rings. The fourth-order valence-corrected chi connectivity index (χ4v) is 1.75. The summed E-state index contributed by atoms with van der Waals surface area (Å²) in [5, 5.41) is 1.16. The SMILES string of the molecule is CN(C)c1ccc(N(N)C(=O)c2ccccc2)cc1. The molecule has 2 aromatic rings. The van der Waals surface area contributed by atoms with Crippen LogP contribution in [-0.2, 0) is 0 Å². The summed E-state index contributed by atoms with van der Waals surface area (Å²) >= 11 is 0. The molecule has 1 amide bonds. The van der Waals surface area contributed by atoms with Gasteiger partial charge in [-0.05, 0) is 36.4 Å². The third-order valence-corrected chi connectivity index (χ3v) is 2.88. The second-order valence-corrected chi connectivity index (χ2v) is 4.45. The van der Waals surface area contributed by atoms with Crippen LogP contribution < -0.4 is 15.8 Å². The van der Waals surface area contributed by atoms with Crippen LogP contribution in [-0.4, -0.2) is 20.0 Å². The van der Waals surface area contributed by atoms with Crippen LogP contribution >= 0.6 is 0 Å². The molecule has 98 valence electrons. The molecule has 0 spiro atoms. The molecule has 0 unspecified atom stereocenters.